The number of amides is 1. The van der Waals surface area contributed by atoms with Crippen molar-refractivity contribution in [2.45, 2.75) is 18.2 Å². The van der Waals surface area contributed by atoms with Gasteiger partial charge in [-0.15, -0.1) is 12.4 Å². The van der Waals surface area contributed by atoms with Gasteiger partial charge in [-0.3, -0.25) is 4.79 Å². The maximum Gasteiger partial charge on any atom is 0.251 e. The van der Waals surface area contributed by atoms with Gasteiger partial charge in [0.2, 0.25) is 10.0 Å². The molecule has 9 heteroatoms. The third kappa shape index (κ3) is 6.23. The lowest BCUT2D eigenvalue weighted by atomic mass is 10.2. The van der Waals surface area contributed by atoms with E-state index in [1.807, 2.05) is 0 Å². The van der Waals surface area contributed by atoms with Gasteiger partial charge in [0.1, 0.15) is 0 Å². The van der Waals surface area contributed by atoms with E-state index >= 15 is 0 Å². The second-order valence-corrected chi connectivity index (χ2v) is 7.48. The lowest BCUT2D eigenvalue weighted by Crippen LogP contribution is -2.40. The highest BCUT2D eigenvalue weighted by Gasteiger charge is 2.26. The van der Waals surface area contributed by atoms with Crippen LogP contribution in [0, 0.1) is 0 Å². The van der Waals surface area contributed by atoms with Crippen LogP contribution in [0.2, 0.25) is 0 Å². The molecule has 1 saturated heterocycles. The quantitative estimate of drug-likeness (QED) is 0.642. The molecule has 1 aromatic rings. The summed E-state index contributed by atoms with van der Waals surface area (Å²) in [6, 6.07) is 6.05. The predicted molar refractivity (Wildman–Crippen MR) is 98.8 cm³/mol. The van der Waals surface area contributed by atoms with Gasteiger partial charge >= 0.3 is 0 Å². The Kier molecular flexibility index (Phi) is 9.37. The van der Waals surface area contributed by atoms with Gasteiger partial charge in [0, 0.05) is 31.7 Å². The van der Waals surface area contributed by atoms with Gasteiger partial charge in [-0.1, -0.05) is 6.92 Å². The van der Waals surface area contributed by atoms with Crippen LogP contribution in [-0.4, -0.2) is 64.6 Å². The normalized spacial score (nSPS) is 15.4. The molecule has 1 aliphatic rings. The van der Waals surface area contributed by atoms with Crippen molar-refractivity contribution in [2.75, 3.05) is 45.9 Å². The molecule has 0 spiro atoms. The highest BCUT2D eigenvalue weighted by Crippen LogP contribution is 2.17. The number of halogens is 1. The second-order valence-electron chi connectivity index (χ2n) is 5.55. The third-order valence-corrected chi connectivity index (χ3v) is 5.65. The first-order valence-electron chi connectivity index (χ1n) is 8.22. The topological polar surface area (TPSA) is 87.7 Å². The van der Waals surface area contributed by atoms with Gasteiger partial charge in [0.15, 0.2) is 0 Å². The minimum atomic E-state index is -3.52. The van der Waals surface area contributed by atoms with E-state index in [9.17, 15) is 13.2 Å². The number of sulfonamides is 1. The number of nitrogens with zero attached hydrogens (tertiary/aromatic N) is 1. The number of morpholine rings is 1. The van der Waals surface area contributed by atoms with Crippen molar-refractivity contribution in [3.05, 3.63) is 29.8 Å². The molecule has 0 atom stereocenters. The monoisotopic (exact) mass is 391 g/mol. The summed E-state index contributed by atoms with van der Waals surface area (Å²) in [5.41, 5.74) is 0.450. The first kappa shape index (κ1) is 21.9. The standard InChI is InChI=1S/C16H25N3O4S.ClH/c1-2-7-17-8-9-18-16(20)14-3-5-15(6-4-14)24(21,22)19-10-12-23-13-11-19;/h3-6,17H,2,7-13H2,1H3,(H,18,20);1H. The van der Waals surface area contributed by atoms with Crippen LogP contribution in [0.4, 0.5) is 0 Å². The van der Waals surface area contributed by atoms with Gasteiger partial charge in [-0.25, -0.2) is 8.42 Å². The average Bonchev–Trinajstić information content (AvgIpc) is 2.62. The molecule has 7 nitrogen and oxygen atoms in total. The lowest BCUT2D eigenvalue weighted by Gasteiger charge is -2.26. The molecule has 0 radical (unpaired) electrons. The number of ether oxygens (including phenoxy) is 1. The summed E-state index contributed by atoms with van der Waals surface area (Å²) < 4.78 is 31.6. The van der Waals surface area contributed by atoms with Crippen molar-refractivity contribution in [3.8, 4) is 0 Å². The molecule has 1 heterocycles. The van der Waals surface area contributed by atoms with Gasteiger partial charge in [-0.05, 0) is 37.2 Å². The third-order valence-electron chi connectivity index (χ3n) is 3.74. The molecule has 0 aliphatic carbocycles. The molecule has 25 heavy (non-hydrogen) atoms. The van der Waals surface area contributed by atoms with E-state index < -0.39 is 10.0 Å². The first-order valence-corrected chi connectivity index (χ1v) is 9.66. The van der Waals surface area contributed by atoms with Crippen LogP contribution in [0.25, 0.3) is 0 Å². The zero-order valence-electron chi connectivity index (χ0n) is 14.4. The fourth-order valence-corrected chi connectivity index (χ4v) is 3.79. The predicted octanol–water partition coefficient (Wildman–Crippen LogP) is 0.859. The van der Waals surface area contributed by atoms with Crippen LogP contribution in [0.3, 0.4) is 0 Å². The van der Waals surface area contributed by atoms with Crippen LogP contribution in [0.15, 0.2) is 29.2 Å². The Labute approximate surface area is 155 Å². The van der Waals surface area contributed by atoms with Crippen molar-refractivity contribution < 1.29 is 17.9 Å². The van der Waals surface area contributed by atoms with E-state index in [1.165, 1.54) is 16.4 Å². The number of hydrogen-bond acceptors (Lipinski definition) is 5. The summed E-state index contributed by atoms with van der Waals surface area (Å²) in [6.45, 7) is 5.78. The van der Waals surface area contributed by atoms with Crippen molar-refractivity contribution >= 4 is 28.3 Å². The Bertz CT molecular complexity index is 631. The zero-order chi connectivity index (χ0) is 17.4. The van der Waals surface area contributed by atoms with E-state index in [4.69, 9.17) is 4.74 Å². The molecule has 1 amide bonds. The molecule has 1 aliphatic heterocycles. The van der Waals surface area contributed by atoms with Crippen molar-refractivity contribution in [2.24, 2.45) is 0 Å². The van der Waals surface area contributed by atoms with Gasteiger partial charge < -0.3 is 15.4 Å². The molecule has 142 valence electrons. The van der Waals surface area contributed by atoms with Gasteiger partial charge in [0.25, 0.3) is 5.91 Å². The van der Waals surface area contributed by atoms with E-state index in [-0.39, 0.29) is 23.2 Å². The summed E-state index contributed by atoms with van der Waals surface area (Å²) in [5, 5.41) is 6.00. The number of carbonyl (C=O) groups excluding carboxylic acids is 1. The number of hydrogen-bond donors (Lipinski definition) is 2. The molecule has 2 rings (SSSR count). The van der Waals surface area contributed by atoms with Gasteiger partial charge in [0.05, 0.1) is 18.1 Å². The maximum absolute atomic E-state index is 12.5. The Balaban J connectivity index is 0.00000312. The molecule has 2 N–H and O–H groups in total. The number of rotatable bonds is 8. The molecule has 0 bridgehead atoms. The highest BCUT2D eigenvalue weighted by molar-refractivity contribution is 7.89. The first-order chi connectivity index (χ1) is 11.6. The van der Waals surface area contributed by atoms with E-state index in [1.54, 1.807) is 12.1 Å². The SMILES string of the molecule is CCCNCCNC(=O)c1ccc(S(=O)(=O)N2CCOCC2)cc1.Cl. The fraction of sp³-hybridized carbons (Fsp3) is 0.562. The molecule has 1 fully saturated rings. The maximum atomic E-state index is 12.5. The van der Waals surface area contributed by atoms with Crippen LogP contribution in [-0.2, 0) is 14.8 Å². The summed E-state index contributed by atoms with van der Waals surface area (Å²) in [4.78, 5) is 12.2. The van der Waals surface area contributed by atoms with Crippen molar-refractivity contribution in [1.29, 1.82) is 0 Å². The molecule has 0 saturated carbocycles. The average molecular weight is 392 g/mol. The second kappa shape index (κ2) is 10.7. The van der Waals surface area contributed by atoms with Crippen LogP contribution in [0.5, 0.6) is 0 Å². The molecule has 0 aromatic heterocycles. The number of nitrogens with one attached hydrogen (secondary N) is 2. The van der Waals surface area contributed by atoms with Crippen molar-refractivity contribution in [3.63, 3.8) is 0 Å². The minimum Gasteiger partial charge on any atom is -0.379 e. The smallest absolute Gasteiger partial charge is 0.251 e. The molecule has 1 aromatic carbocycles. The van der Waals surface area contributed by atoms with Gasteiger partial charge in [-0.2, -0.15) is 4.31 Å². The Morgan fingerprint density at radius 3 is 2.36 bits per heavy atom. The Morgan fingerprint density at radius 1 is 1.12 bits per heavy atom. The van der Waals surface area contributed by atoms with E-state index in [0.29, 0.717) is 45.0 Å². The largest absolute Gasteiger partial charge is 0.379 e. The van der Waals surface area contributed by atoms with Crippen LogP contribution < -0.4 is 10.6 Å². The van der Waals surface area contributed by atoms with Crippen molar-refractivity contribution in [1.82, 2.24) is 14.9 Å². The summed E-state index contributed by atoms with van der Waals surface area (Å²) in [7, 11) is -3.52. The summed E-state index contributed by atoms with van der Waals surface area (Å²) in [6.07, 6.45) is 1.05. The molecular weight excluding hydrogens is 366 g/mol. The number of benzene rings is 1. The summed E-state index contributed by atoms with van der Waals surface area (Å²) >= 11 is 0. The molecule has 0 unspecified atom stereocenters. The lowest BCUT2D eigenvalue weighted by molar-refractivity contribution is 0.0730. The van der Waals surface area contributed by atoms with E-state index in [2.05, 4.69) is 17.6 Å². The van der Waals surface area contributed by atoms with Crippen LogP contribution >= 0.6 is 12.4 Å². The van der Waals surface area contributed by atoms with Crippen LogP contribution in [0.1, 0.15) is 23.7 Å². The molecular formula is C16H26ClN3O4S. The fourth-order valence-electron chi connectivity index (χ4n) is 2.38. The highest BCUT2D eigenvalue weighted by atomic mass is 35.5. The van der Waals surface area contributed by atoms with E-state index in [0.717, 1.165) is 13.0 Å². The zero-order valence-corrected chi connectivity index (χ0v) is 16.0. The minimum absolute atomic E-state index is 0. The summed E-state index contributed by atoms with van der Waals surface area (Å²) in [5.74, 6) is -0.205. The Morgan fingerprint density at radius 2 is 1.76 bits per heavy atom. The number of carbonyl (C=O) groups is 1. The Hall–Kier alpha value is -1.19.